The Hall–Kier alpha value is -1.79. The summed E-state index contributed by atoms with van der Waals surface area (Å²) in [5.41, 5.74) is 12.3. The number of amides is 1. The molecule has 0 saturated heterocycles. The largest absolute Gasteiger partial charge is 0.449 e. The SMILES string of the molecule is NC(=O)OCCc1sc(N)nc1-c1ccc(Cl)cc1. The van der Waals surface area contributed by atoms with Gasteiger partial charge in [-0.3, -0.25) is 0 Å². The molecular formula is C12H12ClN3O2S. The second-order valence-corrected chi connectivity index (χ2v) is 5.30. The van der Waals surface area contributed by atoms with Gasteiger partial charge < -0.3 is 16.2 Å². The van der Waals surface area contributed by atoms with Crippen molar-refractivity contribution in [1.29, 1.82) is 0 Å². The van der Waals surface area contributed by atoms with Crippen molar-refractivity contribution in [3.8, 4) is 11.3 Å². The molecule has 0 spiro atoms. The van der Waals surface area contributed by atoms with Crippen molar-refractivity contribution < 1.29 is 9.53 Å². The average Bonchev–Trinajstić information content (AvgIpc) is 2.71. The van der Waals surface area contributed by atoms with Gasteiger partial charge in [0.05, 0.1) is 12.3 Å². The Morgan fingerprint density at radius 2 is 2.05 bits per heavy atom. The Morgan fingerprint density at radius 1 is 1.37 bits per heavy atom. The number of carbonyl (C=O) groups excluding carboxylic acids is 1. The van der Waals surface area contributed by atoms with Gasteiger partial charge in [0, 0.05) is 21.9 Å². The lowest BCUT2D eigenvalue weighted by Crippen LogP contribution is -2.14. The third-order valence-electron chi connectivity index (χ3n) is 2.40. The molecule has 1 aromatic carbocycles. The number of carbonyl (C=O) groups is 1. The molecule has 0 aliphatic rings. The molecule has 0 fully saturated rings. The normalized spacial score (nSPS) is 10.4. The molecule has 0 bridgehead atoms. The topological polar surface area (TPSA) is 91.2 Å². The molecule has 7 heteroatoms. The Balaban J connectivity index is 2.20. The molecule has 2 rings (SSSR count). The highest BCUT2D eigenvalue weighted by atomic mass is 35.5. The second kappa shape index (κ2) is 5.90. The fraction of sp³-hybridized carbons (Fsp3) is 0.167. The molecule has 1 amide bonds. The summed E-state index contributed by atoms with van der Waals surface area (Å²) in [6.45, 7) is 0.206. The number of nitrogen functional groups attached to an aromatic ring is 1. The van der Waals surface area contributed by atoms with E-state index < -0.39 is 6.09 Å². The molecule has 0 aliphatic carbocycles. The summed E-state index contributed by atoms with van der Waals surface area (Å²) in [6, 6.07) is 7.32. The van der Waals surface area contributed by atoms with Gasteiger partial charge in [0.1, 0.15) is 0 Å². The van der Waals surface area contributed by atoms with Crippen LogP contribution in [0.25, 0.3) is 11.3 Å². The number of rotatable bonds is 4. The van der Waals surface area contributed by atoms with Crippen LogP contribution >= 0.6 is 22.9 Å². The van der Waals surface area contributed by atoms with E-state index in [4.69, 9.17) is 27.8 Å². The average molecular weight is 298 g/mol. The molecule has 4 N–H and O–H groups in total. The van der Waals surface area contributed by atoms with Gasteiger partial charge in [0.15, 0.2) is 5.13 Å². The maximum absolute atomic E-state index is 10.5. The van der Waals surface area contributed by atoms with E-state index >= 15 is 0 Å². The molecule has 0 aliphatic heterocycles. The predicted octanol–water partition coefficient (Wildman–Crippen LogP) is 2.68. The number of benzene rings is 1. The minimum Gasteiger partial charge on any atom is -0.449 e. The first-order valence-corrected chi connectivity index (χ1v) is 6.69. The first-order chi connectivity index (χ1) is 9.06. The standard InChI is InChI=1S/C12H12ClN3O2S/c13-8-3-1-7(2-4-8)10-9(19-11(14)16-10)5-6-18-12(15)17/h1-4H,5-6H2,(H2,14,16)(H2,15,17). The summed E-state index contributed by atoms with van der Waals surface area (Å²) in [5, 5.41) is 1.13. The highest BCUT2D eigenvalue weighted by molar-refractivity contribution is 7.15. The van der Waals surface area contributed by atoms with Gasteiger partial charge in [-0.05, 0) is 12.1 Å². The number of hydrogen-bond acceptors (Lipinski definition) is 5. The van der Waals surface area contributed by atoms with Gasteiger partial charge >= 0.3 is 6.09 Å². The summed E-state index contributed by atoms with van der Waals surface area (Å²) in [6.07, 6.45) is -0.263. The van der Waals surface area contributed by atoms with Crippen LogP contribution in [-0.4, -0.2) is 17.7 Å². The fourth-order valence-corrected chi connectivity index (χ4v) is 2.58. The summed E-state index contributed by atoms with van der Waals surface area (Å²) < 4.78 is 4.72. The number of ether oxygens (including phenoxy) is 1. The van der Waals surface area contributed by atoms with E-state index in [1.807, 2.05) is 12.1 Å². The molecule has 0 atom stereocenters. The number of aromatic nitrogens is 1. The van der Waals surface area contributed by atoms with Crippen LogP contribution in [0.15, 0.2) is 24.3 Å². The van der Waals surface area contributed by atoms with Crippen molar-refractivity contribution in [2.45, 2.75) is 6.42 Å². The van der Waals surface area contributed by atoms with Gasteiger partial charge in [-0.15, -0.1) is 11.3 Å². The Kier molecular flexibility index (Phi) is 4.24. The fourth-order valence-electron chi connectivity index (χ4n) is 1.62. The molecule has 5 nitrogen and oxygen atoms in total. The lowest BCUT2D eigenvalue weighted by atomic mass is 10.1. The highest BCUT2D eigenvalue weighted by Crippen LogP contribution is 2.30. The molecule has 100 valence electrons. The second-order valence-electron chi connectivity index (χ2n) is 3.75. The van der Waals surface area contributed by atoms with Crippen LogP contribution in [0.2, 0.25) is 5.02 Å². The minimum atomic E-state index is -0.787. The van der Waals surface area contributed by atoms with Crippen molar-refractivity contribution >= 4 is 34.2 Å². The van der Waals surface area contributed by atoms with E-state index in [0.717, 1.165) is 16.1 Å². The maximum Gasteiger partial charge on any atom is 0.404 e. The smallest absolute Gasteiger partial charge is 0.404 e. The van der Waals surface area contributed by atoms with Gasteiger partial charge in [0.25, 0.3) is 0 Å². The van der Waals surface area contributed by atoms with Gasteiger partial charge in [-0.2, -0.15) is 0 Å². The molecule has 1 heterocycles. The van der Waals surface area contributed by atoms with Gasteiger partial charge in [-0.25, -0.2) is 9.78 Å². The Bertz CT molecular complexity index is 583. The van der Waals surface area contributed by atoms with Crippen molar-refractivity contribution in [2.24, 2.45) is 5.73 Å². The molecule has 2 aromatic rings. The van der Waals surface area contributed by atoms with Crippen LogP contribution in [-0.2, 0) is 11.2 Å². The van der Waals surface area contributed by atoms with Crippen LogP contribution in [0.1, 0.15) is 4.88 Å². The van der Waals surface area contributed by atoms with Crippen LogP contribution in [0.5, 0.6) is 0 Å². The number of primary amides is 1. The third kappa shape index (κ3) is 3.59. The molecule has 0 radical (unpaired) electrons. The van der Waals surface area contributed by atoms with Crippen molar-refractivity contribution in [1.82, 2.24) is 4.98 Å². The Morgan fingerprint density at radius 3 is 2.68 bits per heavy atom. The lowest BCUT2D eigenvalue weighted by Gasteiger charge is -2.03. The Labute approximate surface area is 119 Å². The maximum atomic E-state index is 10.5. The van der Waals surface area contributed by atoms with Crippen LogP contribution in [0, 0.1) is 0 Å². The summed E-state index contributed by atoms with van der Waals surface area (Å²) in [7, 11) is 0. The molecule has 1 aromatic heterocycles. The highest BCUT2D eigenvalue weighted by Gasteiger charge is 2.12. The van der Waals surface area contributed by atoms with Crippen LogP contribution in [0.4, 0.5) is 9.93 Å². The lowest BCUT2D eigenvalue weighted by molar-refractivity contribution is 0.158. The van der Waals surface area contributed by atoms with Crippen molar-refractivity contribution in [3.63, 3.8) is 0 Å². The van der Waals surface area contributed by atoms with E-state index in [0.29, 0.717) is 16.6 Å². The van der Waals surface area contributed by atoms with E-state index in [2.05, 4.69) is 4.98 Å². The minimum absolute atomic E-state index is 0.206. The number of thiazole rings is 1. The molecular weight excluding hydrogens is 286 g/mol. The van der Waals surface area contributed by atoms with E-state index in [9.17, 15) is 4.79 Å². The van der Waals surface area contributed by atoms with Gasteiger partial charge in [-0.1, -0.05) is 23.7 Å². The number of nitrogens with zero attached hydrogens (tertiary/aromatic N) is 1. The molecule has 0 saturated carbocycles. The van der Waals surface area contributed by atoms with Crippen molar-refractivity contribution in [3.05, 3.63) is 34.2 Å². The van der Waals surface area contributed by atoms with E-state index in [1.54, 1.807) is 12.1 Å². The molecule has 0 unspecified atom stereocenters. The number of nitrogens with two attached hydrogens (primary N) is 2. The van der Waals surface area contributed by atoms with E-state index in [-0.39, 0.29) is 6.61 Å². The first-order valence-electron chi connectivity index (χ1n) is 5.49. The summed E-state index contributed by atoms with van der Waals surface area (Å²) in [4.78, 5) is 15.8. The zero-order valence-corrected chi connectivity index (χ0v) is 11.5. The quantitative estimate of drug-likeness (QED) is 0.907. The van der Waals surface area contributed by atoms with Crippen LogP contribution < -0.4 is 11.5 Å². The summed E-state index contributed by atoms with van der Waals surface area (Å²) in [5.74, 6) is 0. The first kappa shape index (κ1) is 13.6. The number of anilines is 1. The number of hydrogen-bond donors (Lipinski definition) is 2. The monoisotopic (exact) mass is 297 g/mol. The zero-order valence-electron chi connectivity index (χ0n) is 9.93. The number of halogens is 1. The molecule has 19 heavy (non-hydrogen) atoms. The van der Waals surface area contributed by atoms with E-state index in [1.165, 1.54) is 11.3 Å². The van der Waals surface area contributed by atoms with Gasteiger partial charge in [0.2, 0.25) is 0 Å². The van der Waals surface area contributed by atoms with Crippen LogP contribution in [0.3, 0.4) is 0 Å². The predicted molar refractivity (Wildman–Crippen MR) is 76.2 cm³/mol. The van der Waals surface area contributed by atoms with Crippen molar-refractivity contribution in [2.75, 3.05) is 12.3 Å². The summed E-state index contributed by atoms with van der Waals surface area (Å²) >= 11 is 7.22. The zero-order chi connectivity index (χ0) is 13.8. The third-order valence-corrected chi connectivity index (χ3v) is 3.60.